The fraction of sp³-hybridized carbons (Fsp3) is 0.814. The summed E-state index contributed by atoms with van der Waals surface area (Å²) < 4.78 is 63.1. The predicted molar refractivity (Wildman–Crippen MR) is 403 cm³/mol. The van der Waals surface area contributed by atoms with Crippen molar-refractivity contribution < 1.29 is 178 Å². The Morgan fingerprint density at radius 2 is 0.713 bits per heavy atom. The topological polar surface area (TPSA) is 876 Å². The molecular weight excluding hydrogens is 1640 g/mol. The Morgan fingerprint density at radius 3 is 1.15 bits per heavy atom. The average molecular weight is 1760 g/mol. The number of urea groups is 2. The Hall–Kier alpha value is -6.49. The Labute approximate surface area is 696 Å². The third-order valence-corrected chi connectivity index (χ3v) is 22.5. The average Bonchev–Trinajstić information content (AvgIpc) is 0.782. The molecule has 0 radical (unpaired) electrons. The van der Waals surface area contributed by atoms with Crippen LogP contribution in [0.2, 0.25) is 0 Å². The molecule has 8 aliphatic rings. The second-order valence-electron chi connectivity index (χ2n) is 31.2. The molecule has 5 aliphatic heterocycles. The number of carbonyl (C=O) groups is 7. The van der Waals surface area contributed by atoms with Gasteiger partial charge in [-0.15, -0.1) is 0 Å². The molecule has 1 aromatic carbocycles. The van der Waals surface area contributed by atoms with Gasteiger partial charge in [-0.05, 0) is 24.8 Å². The summed E-state index contributed by atoms with van der Waals surface area (Å²) in [6.45, 7) is -4.14. The van der Waals surface area contributed by atoms with Crippen molar-refractivity contribution in [3.8, 4) is 0 Å². The number of hydrogen-bond donors (Lipinski definition) is 34. The van der Waals surface area contributed by atoms with Gasteiger partial charge in [-0.3, -0.25) is 19.2 Å². The molecule has 40 atom stereocenters. The van der Waals surface area contributed by atoms with Gasteiger partial charge in [0.25, 0.3) is 0 Å². The Bertz CT molecular complexity index is 3490. The quantitative estimate of drug-likeness (QED) is 0.0285. The molecule has 3 saturated carbocycles. The Morgan fingerprint density at radius 1 is 0.344 bits per heavy atom. The van der Waals surface area contributed by atoms with E-state index in [9.17, 15) is 125 Å². The van der Waals surface area contributed by atoms with Gasteiger partial charge in [0, 0.05) is 102 Å². The summed E-state index contributed by atoms with van der Waals surface area (Å²) >= 11 is 0. The molecule has 0 spiro atoms. The van der Waals surface area contributed by atoms with E-state index >= 15 is 0 Å². The van der Waals surface area contributed by atoms with Crippen LogP contribution in [0.25, 0.3) is 0 Å². The number of carbonyl (C=O) groups excluding carboxylic acids is 7. The van der Waals surface area contributed by atoms with Gasteiger partial charge in [0.15, 0.2) is 31.5 Å². The second-order valence-corrected chi connectivity index (χ2v) is 31.2. The molecule has 41 N–H and O–H groups in total. The normalized spacial score (nSPS) is 41.7. The number of nitrogens with two attached hydrogens (primary N) is 7. The van der Waals surface area contributed by atoms with E-state index in [2.05, 4.69) is 47.9 Å². The van der Waals surface area contributed by atoms with Gasteiger partial charge in [0.1, 0.15) is 171 Å². The molecule has 0 unspecified atom stereocenters. The van der Waals surface area contributed by atoms with Gasteiger partial charge in [0.2, 0.25) is 23.6 Å². The van der Waals surface area contributed by atoms with Crippen LogP contribution in [-0.4, -0.2) is 437 Å². The van der Waals surface area contributed by atoms with Crippen LogP contribution < -0.4 is 88.0 Å². The van der Waals surface area contributed by atoms with Crippen molar-refractivity contribution in [2.75, 3.05) is 59.0 Å². The van der Waals surface area contributed by atoms with Gasteiger partial charge in [0.05, 0.1) is 31.3 Å². The number of ether oxygens (including phenoxy) is 11. The minimum atomic E-state index is -1.97. The standard InChI is InChI=1S/C70H120N16O36/c71-17-30-45(96)51(102)54(105)66(113-30)121-61-26(75)14-24(73)59(56(61)107)119-64-49(100)39(43(94)33(20-87)116-64)84-37(91)8-6-35(89)78-10-12-80-68(109)82-19-32-47(98)48(99)41(86-70(111)112-22-23-4-2-1-3-5-23)63(115-32)118-58-28(77)16-29(42(93)53(58)104)83-69(110)81-13-11-79-36(90)7-9-38(92)85-40-44(95)34(21-88)117-65(50(40)101)120-60-25(74)15-27(76)62(57(60)108)122-67-55(106)52(103)46(97)31(18-72)114-67/h1-5,24-34,39-67,87-88,93-108H,6-22,71-77H2,(H,78,89)(H,79,90)(H,84,91)(H,85,92)(H,86,111)(H2,80,82,109)(H2,81,83,110)/t24-,25-,26+,27+,28+,29-,30-,31-,32-,33-,34-,39+,40+,41-,42+,43-,44-,45-,46-,47-,48-,49-,50-,51+,52+,53-,54-,55-,56-,57-,58-,59+,60+,61-,62-,63-,64-,65-,66-,67-/m1/s1. The molecule has 0 bridgehead atoms. The zero-order chi connectivity index (χ0) is 89.4. The molecule has 5 heterocycles. The molecule has 3 aliphatic carbocycles. The summed E-state index contributed by atoms with van der Waals surface area (Å²) in [7, 11) is 0. The first kappa shape index (κ1) is 99.3. The lowest BCUT2D eigenvalue weighted by molar-refractivity contribution is -0.332. The number of aliphatic hydroxyl groups excluding tert-OH is 18. The first-order valence-electron chi connectivity index (χ1n) is 39.9. The van der Waals surface area contributed by atoms with Crippen LogP contribution in [-0.2, 0) is 77.9 Å². The van der Waals surface area contributed by atoms with Gasteiger partial charge in [-0.25, -0.2) is 14.4 Å². The van der Waals surface area contributed by atoms with Crippen LogP contribution in [0.1, 0.15) is 50.5 Å². The highest BCUT2D eigenvalue weighted by Gasteiger charge is 2.57. The van der Waals surface area contributed by atoms with E-state index in [1.807, 2.05) is 0 Å². The van der Waals surface area contributed by atoms with Crippen molar-refractivity contribution in [3.63, 3.8) is 0 Å². The summed E-state index contributed by atoms with van der Waals surface area (Å²) in [4.78, 5) is 91.8. The molecule has 52 heteroatoms. The van der Waals surface area contributed by atoms with E-state index in [1.54, 1.807) is 30.3 Å². The molecule has 122 heavy (non-hydrogen) atoms. The zero-order valence-corrected chi connectivity index (χ0v) is 65.9. The maximum atomic E-state index is 13.3. The van der Waals surface area contributed by atoms with Crippen molar-refractivity contribution in [3.05, 3.63) is 35.9 Å². The highest BCUT2D eigenvalue weighted by atomic mass is 16.7. The fourth-order valence-corrected chi connectivity index (χ4v) is 15.5. The smallest absolute Gasteiger partial charge is 0.407 e. The van der Waals surface area contributed by atoms with Crippen LogP contribution in [0.15, 0.2) is 30.3 Å². The summed E-state index contributed by atoms with van der Waals surface area (Å²) in [5.74, 6) is -3.21. The summed E-state index contributed by atoms with van der Waals surface area (Å²) in [5, 5.41) is 218. The molecule has 9 amide bonds. The van der Waals surface area contributed by atoms with Crippen LogP contribution in [0.4, 0.5) is 14.4 Å². The number of rotatable bonds is 34. The largest absolute Gasteiger partial charge is 0.445 e. The van der Waals surface area contributed by atoms with E-state index in [1.165, 1.54) is 0 Å². The third-order valence-electron chi connectivity index (χ3n) is 22.5. The molecule has 1 aromatic rings. The Kier molecular flexibility index (Phi) is 37.3. The number of benzene rings is 1. The van der Waals surface area contributed by atoms with Gasteiger partial charge >= 0.3 is 18.2 Å². The molecule has 5 saturated heterocycles. The van der Waals surface area contributed by atoms with E-state index in [-0.39, 0.29) is 65.1 Å². The maximum absolute atomic E-state index is 13.3. The van der Waals surface area contributed by atoms with E-state index in [4.69, 9.17) is 92.2 Å². The monoisotopic (exact) mass is 1760 g/mol. The van der Waals surface area contributed by atoms with E-state index < -0.39 is 332 Å². The van der Waals surface area contributed by atoms with E-state index in [0.29, 0.717) is 5.56 Å². The number of amides is 9. The highest BCUT2D eigenvalue weighted by Crippen LogP contribution is 2.36. The minimum absolute atomic E-state index is 0.107. The van der Waals surface area contributed by atoms with Crippen molar-refractivity contribution in [1.82, 2.24) is 47.9 Å². The third kappa shape index (κ3) is 25.0. The van der Waals surface area contributed by atoms with Crippen LogP contribution >= 0.6 is 0 Å². The lowest BCUT2D eigenvalue weighted by atomic mass is 9.84. The molecule has 52 nitrogen and oxygen atoms in total. The fourth-order valence-electron chi connectivity index (χ4n) is 15.5. The van der Waals surface area contributed by atoms with Crippen LogP contribution in [0.5, 0.6) is 0 Å². The molecule has 8 fully saturated rings. The zero-order valence-electron chi connectivity index (χ0n) is 65.9. The summed E-state index contributed by atoms with van der Waals surface area (Å²) in [6, 6.07) is -5.18. The molecular formula is C70H120N16O36. The molecule has 0 aromatic heterocycles. The lowest BCUT2D eigenvalue weighted by Crippen LogP contribution is -2.69. The van der Waals surface area contributed by atoms with Crippen molar-refractivity contribution in [2.45, 2.75) is 296 Å². The van der Waals surface area contributed by atoms with Crippen LogP contribution in [0, 0.1) is 0 Å². The van der Waals surface area contributed by atoms with Crippen molar-refractivity contribution in [1.29, 1.82) is 0 Å². The van der Waals surface area contributed by atoms with Gasteiger partial charge in [-0.1, -0.05) is 30.3 Å². The number of nitrogens with one attached hydrogen (secondary N) is 9. The number of hydrogen-bond acceptors (Lipinski definition) is 43. The Balaban J connectivity index is 0.694. The summed E-state index contributed by atoms with van der Waals surface area (Å²) in [5.41, 5.74) is 43.5. The van der Waals surface area contributed by atoms with Gasteiger partial charge in [-0.2, -0.15) is 0 Å². The number of aliphatic hydroxyl groups is 18. The van der Waals surface area contributed by atoms with Crippen molar-refractivity contribution in [2.24, 2.45) is 40.1 Å². The predicted octanol–water partition coefficient (Wildman–Crippen LogP) is -18.9. The highest BCUT2D eigenvalue weighted by molar-refractivity contribution is 5.85. The lowest BCUT2D eigenvalue weighted by Gasteiger charge is -2.48. The maximum Gasteiger partial charge on any atom is 0.407 e. The number of alkyl carbamates (subject to hydrolysis) is 1. The first-order valence-corrected chi connectivity index (χ1v) is 39.9. The molecule has 696 valence electrons. The van der Waals surface area contributed by atoms with Gasteiger partial charge < -0.3 is 232 Å². The second kappa shape index (κ2) is 45.8. The van der Waals surface area contributed by atoms with Crippen molar-refractivity contribution >= 4 is 41.8 Å². The van der Waals surface area contributed by atoms with Crippen LogP contribution in [0.3, 0.4) is 0 Å². The van der Waals surface area contributed by atoms with E-state index in [0.717, 1.165) is 0 Å². The minimum Gasteiger partial charge on any atom is -0.445 e. The molecule has 9 rings (SSSR count). The SMILES string of the molecule is NC[C@H]1O[C@H](O[C@H]2[C@H](O)[C@@H](O[C@H]3O[C@H](CO)[C@@H](O)[C@H](NC(=O)CCC(=O)NCCNC(=O)NC[C@H]4O[C@H](O[C@H]5[C@H](O)[C@@H](O)[C@H](NC(=O)NCCNC(=O)CCC(=O)N[C@@H]6[C@@H](O)[C@@H](O[C@@H]7[C@@H](O)[C@H](O[C@H]8O[C@H](CN)[C@@H](O)[C@H](O)[C@H]8O)[C@@H](N)C[C@H]7N)O[C@H](CO)[C@H]6O)C[C@@H]5N)[C@H](NC(=O)OCc5ccccc5)[C@@H](O)[C@@H]4O)[C@H]3O)[C@H](N)C[C@@H]2N)[C@H](O)[C@@H](O)[C@@H]1O. The first-order chi connectivity index (χ1) is 57.9. The summed E-state index contributed by atoms with van der Waals surface area (Å²) in [6.07, 6.45) is -55.7.